The molecule has 16 heavy (non-hydrogen) atoms. The van der Waals surface area contributed by atoms with E-state index in [0.29, 0.717) is 12.1 Å². The van der Waals surface area contributed by atoms with Crippen molar-refractivity contribution >= 4 is 11.6 Å². The van der Waals surface area contributed by atoms with Crippen LogP contribution in [0.15, 0.2) is 12.1 Å². The van der Waals surface area contributed by atoms with E-state index in [9.17, 15) is 23.7 Å². The van der Waals surface area contributed by atoms with Crippen LogP contribution in [0.5, 0.6) is 0 Å². The molecule has 0 aliphatic carbocycles. The van der Waals surface area contributed by atoms with E-state index in [2.05, 4.69) is 5.32 Å². The summed E-state index contributed by atoms with van der Waals surface area (Å²) in [6.45, 7) is 1.73. The Morgan fingerprint density at radius 1 is 1.50 bits per heavy atom. The van der Waals surface area contributed by atoms with Crippen molar-refractivity contribution < 1.29 is 18.5 Å². The van der Waals surface area contributed by atoms with Crippen molar-refractivity contribution in [2.75, 3.05) is 6.54 Å². The number of halogens is 2. The summed E-state index contributed by atoms with van der Waals surface area (Å²) in [5.74, 6) is -3.61. The summed E-state index contributed by atoms with van der Waals surface area (Å²) < 4.78 is 26.6. The molecule has 1 N–H and O–H groups in total. The molecule has 1 aromatic rings. The van der Waals surface area contributed by atoms with E-state index in [-0.39, 0.29) is 6.54 Å². The maximum atomic E-state index is 13.4. The third-order valence-corrected chi connectivity index (χ3v) is 1.83. The highest BCUT2D eigenvalue weighted by molar-refractivity contribution is 5.95. The molecular weight excluding hydrogens is 222 g/mol. The molecule has 0 saturated heterocycles. The van der Waals surface area contributed by atoms with Gasteiger partial charge < -0.3 is 5.32 Å². The lowest BCUT2D eigenvalue weighted by Gasteiger charge is -2.04. The van der Waals surface area contributed by atoms with Gasteiger partial charge in [-0.15, -0.1) is 0 Å². The van der Waals surface area contributed by atoms with Crippen LogP contribution in [-0.4, -0.2) is 17.4 Å². The van der Waals surface area contributed by atoms with Crippen LogP contribution in [0.4, 0.5) is 14.5 Å². The molecule has 0 saturated carbocycles. The van der Waals surface area contributed by atoms with Gasteiger partial charge in [-0.1, -0.05) is 0 Å². The van der Waals surface area contributed by atoms with Gasteiger partial charge in [-0.05, 0) is 13.0 Å². The third-order valence-electron chi connectivity index (χ3n) is 1.83. The van der Waals surface area contributed by atoms with Crippen molar-refractivity contribution in [1.82, 2.24) is 5.32 Å². The monoisotopic (exact) mass is 230 g/mol. The van der Waals surface area contributed by atoms with Crippen molar-refractivity contribution in [3.8, 4) is 0 Å². The number of nitrogens with one attached hydrogen (secondary N) is 1. The highest BCUT2D eigenvalue weighted by Crippen LogP contribution is 2.22. The predicted octanol–water partition coefficient (Wildman–Crippen LogP) is 1.62. The number of rotatable bonds is 3. The van der Waals surface area contributed by atoms with Gasteiger partial charge in [0.05, 0.1) is 4.92 Å². The lowest BCUT2D eigenvalue weighted by Crippen LogP contribution is -2.25. The third kappa shape index (κ3) is 2.13. The fraction of sp³-hybridized carbons (Fsp3) is 0.222. The second-order valence-corrected chi connectivity index (χ2v) is 2.87. The minimum absolute atomic E-state index is 0.167. The van der Waals surface area contributed by atoms with E-state index >= 15 is 0 Å². The van der Waals surface area contributed by atoms with Crippen molar-refractivity contribution in [3.05, 3.63) is 39.4 Å². The summed E-state index contributed by atoms with van der Waals surface area (Å²) in [6, 6.07) is 1.36. The molecule has 86 valence electrons. The predicted molar refractivity (Wildman–Crippen MR) is 51.0 cm³/mol. The highest BCUT2D eigenvalue weighted by Gasteiger charge is 2.25. The van der Waals surface area contributed by atoms with E-state index < -0.39 is 33.7 Å². The molecule has 0 aromatic heterocycles. The highest BCUT2D eigenvalue weighted by atomic mass is 19.1. The number of nitro groups is 1. The van der Waals surface area contributed by atoms with Crippen LogP contribution in [0.2, 0.25) is 0 Å². The molecule has 5 nitrogen and oxygen atoms in total. The summed E-state index contributed by atoms with van der Waals surface area (Å²) in [5.41, 5.74) is -1.86. The van der Waals surface area contributed by atoms with Crippen LogP contribution in [0.3, 0.4) is 0 Å². The molecule has 0 aliphatic rings. The lowest BCUT2D eigenvalue weighted by molar-refractivity contribution is -0.387. The molecule has 0 bridgehead atoms. The van der Waals surface area contributed by atoms with Crippen LogP contribution in [0, 0.1) is 21.7 Å². The average Bonchev–Trinajstić information content (AvgIpc) is 2.17. The second kappa shape index (κ2) is 4.65. The Morgan fingerprint density at radius 2 is 2.12 bits per heavy atom. The minimum atomic E-state index is -1.46. The normalized spacial score (nSPS) is 9.94. The van der Waals surface area contributed by atoms with Crippen molar-refractivity contribution in [2.45, 2.75) is 6.92 Å². The second-order valence-electron chi connectivity index (χ2n) is 2.87. The first kappa shape index (κ1) is 12.0. The molecule has 0 aliphatic heterocycles. The zero-order chi connectivity index (χ0) is 12.3. The molecule has 0 heterocycles. The van der Waals surface area contributed by atoms with Crippen LogP contribution < -0.4 is 5.32 Å². The van der Waals surface area contributed by atoms with Gasteiger partial charge in [0, 0.05) is 12.6 Å². The number of amides is 1. The summed E-state index contributed by atoms with van der Waals surface area (Å²) in [4.78, 5) is 20.6. The molecule has 0 radical (unpaired) electrons. The molecule has 1 aromatic carbocycles. The summed E-state index contributed by atoms with van der Waals surface area (Å²) in [5, 5.41) is 12.5. The van der Waals surface area contributed by atoms with Gasteiger partial charge >= 0.3 is 5.69 Å². The molecule has 0 fully saturated rings. The van der Waals surface area contributed by atoms with Crippen LogP contribution in [0.1, 0.15) is 17.3 Å². The van der Waals surface area contributed by atoms with E-state index in [1.165, 1.54) is 0 Å². The minimum Gasteiger partial charge on any atom is -0.352 e. The lowest BCUT2D eigenvalue weighted by atomic mass is 10.1. The van der Waals surface area contributed by atoms with Gasteiger partial charge in [0.1, 0.15) is 11.4 Å². The quantitative estimate of drug-likeness (QED) is 0.633. The zero-order valence-electron chi connectivity index (χ0n) is 8.29. The maximum absolute atomic E-state index is 13.4. The number of benzene rings is 1. The first-order valence-electron chi connectivity index (χ1n) is 4.39. The molecule has 0 unspecified atom stereocenters. The largest absolute Gasteiger partial charge is 0.352 e. The Balaban J connectivity index is 3.31. The van der Waals surface area contributed by atoms with Gasteiger partial charge in [0.25, 0.3) is 5.91 Å². The summed E-state index contributed by atoms with van der Waals surface area (Å²) >= 11 is 0. The van der Waals surface area contributed by atoms with E-state index in [1.54, 1.807) is 6.92 Å². The number of hydrogen-bond donors (Lipinski definition) is 1. The fourth-order valence-electron chi connectivity index (χ4n) is 1.14. The first-order valence-corrected chi connectivity index (χ1v) is 4.39. The summed E-state index contributed by atoms with van der Waals surface area (Å²) in [6.07, 6.45) is 0. The maximum Gasteiger partial charge on any atom is 0.305 e. The number of hydrogen-bond acceptors (Lipinski definition) is 3. The van der Waals surface area contributed by atoms with E-state index in [0.717, 1.165) is 0 Å². The Morgan fingerprint density at radius 3 is 2.62 bits per heavy atom. The Bertz CT molecular complexity index is 449. The molecule has 0 spiro atoms. The van der Waals surface area contributed by atoms with Crippen LogP contribution in [0.25, 0.3) is 0 Å². The molecule has 1 rings (SSSR count). The van der Waals surface area contributed by atoms with Crippen LogP contribution >= 0.6 is 0 Å². The Labute approximate surface area is 89.2 Å². The molecule has 0 atom stereocenters. The smallest absolute Gasteiger partial charge is 0.305 e. The zero-order valence-corrected chi connectivity index (χ0v) is 8.29. The van der Waals surface area contributed by atoms with Crippen molar-refractivity contribution in [2.24, 2.45) is 0 Å². The van der Waals surface area contributed by atoms with E-state index in [1.807, 2.05) is 0 Å². The van der Waals surface area contributed by atoms with Gasteiger partial charge in [-0.3, -0.25) is 14.9 Å². The summed E-state index contributed by atoms with van der Waals surface area (Å²) in [7, 11) is 0. The molecule has 1 amide bonds. The fourth-order valence-corrected chi connectivity index (χ4v) is 1.14. The van der Waals surface area contributed by atoms with Gasteiger partial charge in [-0.25, -0.2) is 4.39 Å². The topological polar surface area (TPSA) is 72.2 Å². The molecule has 7 heteroatoms. The molecular formula is C9H8F2N2O3. The van der Waals surface area contributed by atoms with Crippen LogP contribution in [-0.2, 0) is 0 Å². The van der Waals surface area contributed by atoms with Crippen molar-refractivity contribution in [1.29, 1.82) is 0 Å². The number of nitrogens with zero attached hydrogens (tertiary/aromatic N) is 1. The van der Waals surface area contributed by atoms with Crippen molar-refractivity contribution in [3.63, 3.8) is 0 Å². The standard InChI is InChI=1S/C9H8F2N2O3/c1-2-12-9(14)7-5(10)3-4-6(8(7)11)13(15)16/h3-4H,2H2,1H3,(H,12,14). The number of carbonyl (C=O) groups is 1. The number of carbonyl (C=O) groups excluding carboxylic acids is 1. The number of nitro benzene ring substituents is 1. The SMILES string of the molecule is CCNC(=O)c1c(F)ccc([N+](=O)[O-])c1F. The van der Waals surface area contributed by atoms with Gasteiger partial charge in [-0.2, -0.15) is 4.39 Å². The Hall–Kier alpha value is -2.05. The Kier molecular flexibility index (Phi) is 3.49. The van der Waals surface area contributed by atoms with Gasteiger partial charge in [0.15, 0.2) is 0 Å². The first-order chi connectivity index (χ1) is 7.49. The van der Waals surface area contributed by atoms with Gasteiger partial charge in [0.2, 0.25) is 5.82 Å². The van der Waals surface area contributed by atoms with E-state index in [4.69, 9.17) is 0 Å². The average molecular weight is 230 g/mol.